The highest BCUT2D eigenvalue weighted by molar-refractivity contribution is 5.66. The average Bonchev–Trinajstić information content (AvgIpc) is 1.87. The Morgan fingerprint density at radius 1 is 1.60 bits per heavy atom. The highest BCUT2D eigenvalue weighted by Gasteiger charge is 1.96. The average molecular weight is 146 g/mol. The minimum Gasteiger partial charge on any atom is -0.452 e. The molecule has 0 aromatic rings. The number of nitrogens with one attached hydrogen (secondary N) is 2. The molecular formula is C6H14N2O2. The van der Waals surface area contributed by atoms with Crippen molar-refractivity contribution in [3.05, 3.63) is 0 Å². The third-order valence-corrected chi connectivity index (χ3v) is 0.886. The number of hydrogen-bond acceptors (Lipinski definition) is 3. The molecule has 4 nitrogen and oxygen atoms in total. The normalized spacial score (nSPS) is 9.60. The van der Waals surface area contributed by atoms with Crippen LogP contribution >= 0.6 is 0 Å². The van der Waals surface area contributed by atoms with Crippen molar-refractivity contribution in [3.63, 3.8) is 0 Å². The lowest BCUT2D eigenvalue weighted by Gasteiger charge is -2.06. The molecule has 0 saturated heterocycles. The number of methoxy groups -OCH3 is 1. The Hall–Kier alpha value is -0.770. The predicted octanol–water partition coefficient (Wildman–Crippen LogP) is 0.503. The van der Waals surface area contributed by atoms with Gasteiger partial charge in [-0.05, 0) is 5.92 Å². The summed E-state index contributed by atoms with van der Waals surface area (Å²) in [5.41, 5.74) is 5.06. The fraction of sp³-hybridized carbons (Fsp3) is 0.833. The lowest BCUT2D eigenvalue weighted by molar-refractivity contribution is 0.165. The maximum atomic E-state index is 10.4. The first-order chi connectivity index (χ1) is 4.66. The molecule has 0 aromatic heterocycles. The van der Waals surface area contributed by atoms with Gasteiger partial charge in [-0.15, -0.1) is 0 Å². The highest BCUT2D eigenvalue weighted by Crippen LogP contribution is 1.84. The zero-order chi connectivity index (χ0) is 7.98. The van der Waals surface area contributed by atoms with Crippen LogP contribution in [-0.4, -0.2) is 19.7 Å². The molecule has 0 fully saturated rings. The Morgan fingerprint density at radius 3 is 2.60 bits per heavy atom. The molecule has 0 aliphatic carbocycles. The highest BCUT2D eigenvalue weighted by atomic mass is 16.5. The van der Waals surface area contributed by atoms with E-state index in [2.05, 4.69) is 15.6 Å². The topological polar surface area (TPSA) is 50.4 Å². The quantitative estimate of drug-likeness (QED) is 0.570. The summed E-state index contributed by atoms with van der Waals surface area (Å²) >= 11 is 0. The maximum Gasteiger partial charge on any atom is 0.421 e. The number of carbonyl (C=O) groups excluding carboxylic acids is 1. The van der Waals surface area contributed by atoms with Gasteiger partial charge in [0.1, 0.15) is 0 Å². The van der Waals surface area contributed by atoms with Crippen LogP contribution in [0.1, 0.15) is 13.8 Å². The van der Waals surface area contributed by atoms with Crippen LogP contribution in [0.25, 0.3) is 0 Å². The molecule has 0 unspecified atom stereocenters. The first-order valence-electron chi connectivity index (χ1n) is 3.23. The van der Waals surface area contributed by atoms with Gasteiger partial charge in [-0.25, -0.2) is 10.2 Å². The lowest BCUT2D eigenvalue weighted by atomic mass is 10.2. The molecule has 0 rings (SSSR count). The first-order valence-corrected chi connectivity index (χ1v) is 3.23. The number of hydrazine groups is 1. The number of hydrogen-bond donors (Lipinski definition) is 2. The maximum absolute atomic E-state index is 10.4. The Labute approximate surface area is 60.9 Å². The van der Waals surface area contributed by atoms with Gasteiger partial charge in [-0.2, -0.15) is 0 Å². The molecule has 0 atom stereocenters. The van der Waals surface area contributed by atoms with E-state index < -0.39 is 6.09 Å². The molecule has 0 saturated carbocycles. The summed E-state index contributed by atoms with van der Waals surface area (Å²) in [5.74, 6) is 0.511. The van der Waals surface area contributed by atoms with Gasteiger partial charge in [0.2, 0.25) is 0 Å². The van der Waals surface area contributed by atoms with E-state index >= 15 is 0 Å². The first kappa shape index (κ1) is 9.23. The number of carbonyl (C=O) groups is 1. The zero-order valence-electron chi connectivity index (χ0n) is 6.60. The number of amides is 1. The molecular weight excluding hydrogens is 132 g/mol. The monoisotopic (exact) mass is 146 g/mol. The summed E-state index contributed by atoms with van der Waals surface area (Å²) in [5, 5.41) is 0. The van der Waals surface area contributed by atoms with Crippen molar-refractivity contribution in [2.45, 2.75) is 13.8 Å². The van der Waals surface area contributed by atoms with E-state index in [0.717, 1.165) is 6.54 Å². The van der Waals surface area contributed by atoms with Crippen molar-refractivity contribution in [3.8, 4) is 0 Å². The molecule has 0 radical (unpaired) electrons. The summed E-state index contributed by atoms with van der Waals surface area (Å²) in [6.45, 7) is 4.84. The molecule has 0 aliphatic rings. The second-order valence-corrected chi connectivity index (χ2v) is 2.39. The van der Waals surface area contributed by atoms with Crippen LogP contribution in [0.2, 0.25) is 0 Å². The molecule has 1 amide bonds. The lowest BCUT2D eigenvalue weighted by Crippen LogP contribution is -2.39. The Balaban J connectivity index is 3.12. The van der Waals surface area contributed by atoms with E-state index in [1.54, 1.807) is 0 Å². The van der Waals surface area contributed by atoms with Crippen molar-refractivity contribution < 1.29 is 9.53 Å². The molecule has 4 heteroatoms. The number of ether oxygens (including phenoxy) is 1. The minimum absolute atomic E-state index is 0.458. The van der Waals surface area contributed by atoms with Crippen molar-refractivity contribution in [1.29, 1.82) is 0 Å². The molecule has 0 spiro atoms. The Bertz CT molecular complexity index is 104. The van der Waals surface area contributed by atoms with Crippen molar-refractivity contribution >= 4 is 6.09 Å². The van der Waals surface area contributed by atoms with Crippen LogP contribution in [-0.2, 0) is 4.74 Å². The van der Waals surface area contributed by atoms with Gasteiger partial charge in [0, 0.05) is 6.54 Å². The number of rotatable bonds is 3. The van der Waals surface area contributed by atoms with E-state index in [0.29, 0.717) is 5.92 Å². The third kappa shape index (κ3) is 5.37. The van der Waals surface area contributed by atoms with Crippen molar-refractivity contribution in [1.82, 2.24) is 10.9 Å². The van der Waals surface area contributed by atoms with Crippen LogP contribution in [0.4, 0.5) is 4.79 Å². The summed E-state index contributed by atoms with van der Waals surface area (Å²) in [6, 6.07) is 0. The van der Waals surface area contributed by atoms with Gasteiger partial charge >= 0.3 is 6.09 Å². The van der Waals surface area contributed by atoms with E-state index in [1.807, 2.05) is 13.8 Å². The smallest absolute Gasteiger partial charge is 0.421 e. The van der Waals surface area contributed by atoms with Gasteiger partial charge in [-0.1, -0.05) is 13.8 Å². The molecule has 10 heavy (non-hydrogen) atoms. The third-order valence-electron chi connectivity index (χ3n) is 0.886. The standard InChI is InChI=1S/C6H14N2O2/c1-5(2)4-7-8-6(9)10-3/h5,7H,4H2,1-3H3,(H,8,9). The van der Waals surface area contributed by atoms with Crippen molar-refractivity contribution in [2.24, 2.45) is 5.92 Å². The second-order valence-electron chi connectivity index (χ2n) is 2.39. The van der Waals surface area contributed by atoms with Gasteiger partial charge in [0.15, 0.2) is 0 Å². The summed E-state index contributed by atoms with van der Waals surface area (Å²) < 4.78 is 4.32. The fourth-order valence-corrected chi connectivity index (χ4v) is 0.378. The summed E-state index contributed by atoms with van der Waals surface area (Å²) in [4.78, 5) is 10.4. The van der Waals surface area contributed by atoms with Crippen LogP contribution in [0.3, 0.4) is 0 Å². The predicted molar refractivity (Wildman–Crippen MR) is 38.4 cm³/mol. The van der Waals surface area contributed by atoms with E-state index in [1.165, 1.54) is 7.11 Å². The van der Waals surface area contributed by atoms with Crippen LogP contribution in [0, 0.1) is 5.92 Å². The van der Waals surface area contributed by atoms with Crippen LogP contribution in [0.5, 0.6) is 0 Å². The zero-order valence-corrected chi connectivity index (χ0v) is 6.60. The van der Waals surface area contributed by atoms with Crippen LogP contribution in [0.15, 0.2) is 0 Å². The minimum atomic E-state index is -0.458. The Morgan fingerprint density at radius 2 is 2.20 bits per heavy atom. The van der Waals surface area contributed by atoms with E-state index in [9.17, 15) is 4.79 Å². The molecule has 0 aromatic carbocycles. The van der Waals surface area contributed by atoms with Crippen LogP contribution < -0.4 is 10.9 Å². The van der Waals surface area contributed by atoms with E-state index in [4.69, 9.17) is 0 Å². The Kier molecular flexibility index (Phi) is 4.66. The summed E-state index contributed by atoms with van der Waals surface area (Å²) in [7, 11) is 1.33. The van der Waals surface area contributed by atoms with Gasteiger partial charge in [-0.3, -0.25) is 5.43 Å². The van der Waals surface area contributed by atoms with Gasteiger partial charge in [0.25, 0.3) is 0 Å². The largest absolute Gasteiger partial charge is 0.452 e. The molecule has 0 bridgehead atoms. The second kappa shape index (κ2) is 5.05. The molecule has 2 N–H and O–H groups in total. The SMILES string of the molecule is COC(=O)NNCC(C)C. The van der Waals surface area contributed by atoms with E-state index in [-0.39, 0.29) is 0 Å². The molecule has 60 valence electrons. The van der Waals surface area contributed by atoms with Crippen molar-refractivity contribution in [2.75, 3.05) is 13.7 Å². The van der Waals surface area contributed by atoms with Gasteiger partial charge in [0.05, 0.1) is 7.11 Å². The molecule has 0 aliphatic heterocycles. The molecule has 0 heterocycles. The summed E-state index contributed by atoms with van der Waals surface area (Å²) in [6.07, 6.45) is -0.458. The van der Waals surface area contributed by atoms with Gasteiger partial charge < -0.3 is 4.74 Å². The fourth-order valence-electron chi connectivity index (χ4n) is 0.378.